The van der Waals surface area contributed by atoms with Crippen molar-refractivity contribution in [1.29, 1.82) is 0 Å². The van der Waals surface area contributed by atoms with E-state index in [2.05, 4.69) is 5.32 Å². The van der Waals surface area contributed by atoms with Crippen LogP contribution in [-0.4, -0.2) is 18.3 Å². The maximum absolute atomic E-state index is 8.81. The van der Waals surface area contributed by atoms with Crippen LogP contribution in [0.25, 0.3) is 0 Å². The van der Waals surface area contributed by atoms with Gasteiger partial charge in [0.2, 0.25) is 0 Å². The summed E-state index contributed by atoms with van der Waals surface area (Å²) in [7, 11) is 0. The summed E-state index contributed by atoms with van der Waals surface area (Å²) in [6, 6.07) is 13.1. The molecule has 0 fully saturated rings. The minimum Gasteiger partial charge on any atom is -0.489 e. The van der Waals surface area contributed by atoms with Crippen LogP contribution in [0.2, 0.25) is 10.0 Å². The lowest BCUT2D eigenvalue weighted by Gasteiger charge is -2.12. The summed E-state index contributed by atoms with van der Waals surface area (Å²) in [6.45, 7) is 1.69. The zero-order valence-electron chi connectivity index (χ0n) is 11.5. The first kappa shape index (κ1) is 16.1. The minimum absolute atomic E-state index is 0.0987. The Labute approximate surface area is 134 Å². The van der Waals surface area contributed by atoms with Gasteiger partial charge in [0.25, 0.3) is 0 Å². The summed E-state index contributed by atoms with van der Waals surface area (Å²) in [5, 5.41) is 13.3. The molecule has 2 rings (SSSR count). The zero-order valence-corrected chi connectivity index (χ0v) is 13.0. The van der Waals surface area contributed by atoms with Crippen molar-refractivity contribution < 1.29 is 9.84 Å². The molecular formula is C16H17Cl2NO2. The highest BCUT2D eigenvalue weighted by Crippen LogP contribution is 2.24. The van der Waals surface area contributed by atoms with Crippen molar-refractivity contribution in [3.63, 3.8) is 0 Å². The number of nitrogens with one attached hydrogen (secondary N) is 1. The molecule has 112 valence electrons. The number of benzene rings is 2. The molecule has 0 bridgehead atoms. The van der Waals surface area contributed by atoms with Crippen LogP contribution >= 0.6 is 23.2 Å². The standard InChI is InChI=1S/C16H17Cl2NO2/c17-14-3-1-12(2-4-14)11-21-16-6-5-15(18)9-13(16)10-19-7-8-20/h1-6,9,19-20H,7-8,10-11H2. The fourth-order valence-electron chi connectivity index (χ4n) is 1.87. The van der Waals surface area contributed by atoms with E-state index in [0.29, 0.717) is 29.7 Å². The molecule has 0 saturated carbocycles. The molecule has 0 radical (unpaired) electrons. The summed E-state index contributed by atoms with van der Waals surface area (Å²) >= 11 is 11.9. The lowest BCUT2D eigenvalue weighted by molar-refractivity contribution is 0.288. The molecular weight excluding hydrogens is 309 g/mol. The SMILES string of the molecule is OCCNCc1cc(Cl)ccc1OCc1ccc(Cl)cc1. The molecule has 5 heteroatoms. The number of aliphatic hydroxyl groups excluding tert-OH is 1. The van der Waals surface area contributed by atoms with Crippen LogP contribution in [-0.2, 0) is 13.2 Å². The van der Waals surface area contributed by atoms with Gasteiger partial charge in [0, 0.05) is 28.7 Å². The predicted octanol–water partition coefficient (Wildman–Crippen LogP) is 3.65. The lowest BCUT2D eigenvalue weighted by atomic mass is 10.2. The van der Waals surface area contributed by atoms with Crippen molar-refractivity contribution in [1.82, 2.24) is 5.32 Å². The quantitative estimate of drug-likeness (QED) is 0.763. The third-order valence-corrected chi connectivity index (χ3v) is 3.42. The van der Waals surface area contributed by atoms with Gasteiger partial charge in [0.1, 0.15) is 12.4 Å². The van der Waals surface area contributed by atoms with Gasteiger partial charge in [-0.05, 0) is 35.9 Å². The monoisotopic (exact) mass is 325 g/mol. The van der Waals surface area contributed by atoms with E-state index in [1.807, 2.05) is 36.4 Å². The van der Waals surface area contributed by atoms with Crippen molar-refractivity contribution >= 4 is 23.2 Å². The van der Waals surface area contributed by atoms with Gasteiger partial charge in [-0.2, -0.15) is 0 Å². The van der Waals surface area contributed by atoms with Gasteiger partial charge < -0.3 is 15.2 Å². The maximum atomic E-state index is 8.81. The number of halogens is 2. The van der Waals surface area contributed by atoms with Crippen molar-refractivity contribution in [3.8, 4) is 5.75 Å². The number of hydrogen-bond donors (Lipinski definition) is 2. The molecule has 2 N–H and O–H groups in total. The van der Waals surface area contributed by atoms with Gasteiger partial charge in [-0.15, -0.1) is 0 Å². The molecule has 21 heavy (non-hydrogen) atoms. The van der Waals surface area contributed by atoms with Gasteiger partial charge in [-0.3, -0.25) is 0 Å². The zero-order chi connectivity index (χ0) is 15.1. The molecule has 0 aromatic heterocycles. The van der Waals surface area contributed by atoms with E-state index in [1.54, 1.807) is 6.07 Å². The first-order valence-electron chi connectivity index (χ1n) is 6.66. The molecule has 3 nitrogen and oxygen atoms in total. The molecule has 0 spiro atoms. The second-order valence-corrected chi connectivity index (χ2v) is 5.44. The highest BCUT2D eigenvalue weighted by Gasteiger charge is 2.05. The van der Waals surface area contributed by atoms with E-state index < -0.39 is 0 Å². The first-order valence-corrected chi connectivity index (χ1v) is 7.42. The van der Waals surface area contributed by atoms with Crippen molar-refractivity contribution in [2.45, 2.75) is 13.2 Å². The number of ether oxygens (including phenoxy) is 1. The van der Waals surface area contributed by atoms with E-state index in [4.69, 9.17) is 33.0 Å². The highest BCUT2D eigenvalue weighted by atomic mass is 35.5. The van der Waals surface area contributed by atoms with Gasteiger partial charge in [-0.1, -0.05) is 35.3 Å². The number of aliphatic hydroxyl groups is 1. The van der Waals surface area contributed by atoms with Crippen LogP contribution in [0.4, 0.5) is 0 Å². The summed E-state index contributed by atoms with van der Waals surface area (Å²) in [4.78, 5) is 0. The maximum Gasteiger partial charge on any atom is 0.124 e. The molecule has 0 heterocycles. The molecule has 0 amide bonds. The molecule has 0 aliphatic carbocycles. The summed E-state index contributed by atoms with van der Waals surface area (Å²) in [5.41, 5.74) is 2.01. The van der Waals surface area contributed by atoms with Crippen LogP contribution in [0, 0.1) is 0 Å². The summed E-state index contributed by atoms with van der Waals surface area (Å²) < 4.78 is 5.84. The minimum atomic E-state index is 0.0987. The van der Waals surface area contributed by atoms with Crippen molar-refractivity contribution in [2.24, 2.45) is 0 Å². The average molecular weight is 326 g/mol. The molecule has 0 saturated heterocycles. The third kappa shape index (κ3) is 5.21. The molecule has 2 aromatic carbocycles. The van der Waals surface area contributed by atoms with Gasteiger partial charge in [0.05, 0.1) is 6.61 Å². The van der Waals surface area contributed by atoms with Gasteiger partial charge in [0.15, 0.2) is 0 Å². The van der Waals surface area contributed by atoms with Crippen LogP contribution in [0.1, 0.15) is 11.1 Å². The smallest absolute Gasteiger partial charge is 0.124 e. The van der Waals surface area contributed by atoms with E-state index in [9.17, 15) is 0 Å². The third-order valence-electron chi connectivity index (χ3n) is 2.93. The Balaban J connectivity index is 2.02. The molecule has 0 atom stereocenters. The highest BCUT2D eigenvalue weighted by molar-refractivity contribution is 6.30. The Morgan fingerprint density at radius 2 is 1.71 bits per heavy atom. The normalized spacial score (nSPS) is 10.6. The Bertz CT molecular complexity index is 573. The van der Waals surface area contributed by atoms with Crippen molar-refractivity contribution in [3.05, 3.63) is 63.6 Å². The van der Waals surface area contributed by atoms with E-state index in [1.165, 1.54) is 0 Å². The molecule has 2 aromatic rings. The van der Waals surface area contributed by atoms with E-state index in [0.717, 1.165) is 16.9 Å². The van der Waals surface area contributed by atoms with Crippen LogP contribution in [0.3, 0.4) is 0 Å². The first-order chi connectivity index (χ1) is 10.2. The van der Waals surface area contributed by atoms with Crippen LogP contribution < -0.4 is 10.1 Å². The molecule has 0 aliphatic rings. The topological polar surface area (TPSA) is 41.5 Å². The Hall–Kier alpha value is -1.26. The fourth-order valence-corrected chi connectivity index (χ4v) is 2.19. The molecule has 0 unspecified atom stereocenters. The number of hydrogen-bond acceptors (Lipinski definition) is 3. The largest absolute Gasteiger partial charge is 0.489 e. The van der Waals surface area contributed by atoms with E-state index in [-0.39, 0.29) is 6.61 Å². The van der Waals surface area contributed by atoms with Gasteiger partial charge in [-0.25, -0.2) is 0 Å². The Kier molecular flexibility index (Phi) is 6.33. The Morgan fingerprint density at radius 3 is 2.43 bits per heavy atom. The molecule has 0 aliphatic heterocycles. The summed E-state index contributed by atoms with van der Waals surface area (Å²) in [5.74, 6) is 0.778. The lowest BCUT2D eigenvalue weighted by Crippen LogP contribution is -2.18. The average Bonchev–Trinajstić information content (AvgIpc) is 2.48. The second kappa shape index (κ2) is 8.25. The fraction of sp³-hybridized carbons (Fsp3) is 0.250. The second-order valence-electron chi connectivity index (χ2n) is 4.57. The van der Waals surface area contributed by atoms with Crippen LogP contribution in [0.15, 0.2) is 42.5 Å². The van der Waals surface area contributed by atoms with Crippen molar-refractivity contribution in [2.75, 3.05) is 13.2 Å². The van der Waals surface area contributed by atoms with E-state index >= 15 is 0 Å². The Morgan fingerprint density at radius 1 is 1.00 bits per heavy atom. The summed E-state index contributed by atoms with van der Waals surface area (Å²) in [6.07, 6.45) is 0. The van der Waals surface area contributed by atoms with Crippen LogP contribution in [0.5, 0.6) is 5.75 Å². The van der Waals surface area contributed by atoms with Gasteiger partial charge >= 0.3 is 0 Å². The predicted molar refractivity (Wildman–Crippen MR) is 86.0 cm³/mol. The number of rotatable bonds is 7.